The lowest BCUT2D eigenvalue weighted by Gasteiger charge is -2.22. The molecule has 1 aliphatic carbocycles. The van der Waals surface area contributed by atoms with E-state index in [-0.39, 0.29) is 0 Å². The van der Waals surface area contributed by atoms with Gasteiger partial charge in [-0.3, -0.25) is 9.38 Å². The molecular formula is C25H24N4S. The molecule has 1 saturated carbocycles. The van der Waals surface area contributed by atoms with E-state index in [1.165, 1.54) is 32.1 Å². The Morgan fingerprint density at radius 1 is 1.07 bits per heavy atom. The minimum atomic E-state index is 0.745. The molecule has 150 valence electrons. The lowest BCUT2D eigenvalue weighted by molar-refractivity contribution is 0.373. The maximum absolute atomic E-state index is 4.88. The molecule has 30 heavy (non-hydrogen) atoms. The van der Waals surface area contributed by atoms with E-state index in [9.17, 15) is 0 Å². The molecular weight excluding hydrogens is 388 g/mol. The molecule has 1 fully saturated rings. The molecule has 5 heteroatoms. The second-order valence-electron chi connectivity index (χ2n) is 7.81. The first-order valence-corrected chi connectivity index (χ1v) is 11.5. The fraction of sp³-hybridized carbons (Fsp3) is 0.280. The normalized spacial score (nSPS) is 14.4. The number of nitrogens with zero attached hydrogens (tertiary/aromatic N) is 3. The van der Waals surface area contributed by atoms with Crippen molar-refractivity contribution in [3.05, 3.63) is 71.5 Å². The van der Waals surface area contributed by atoms with E-state index in [0.29, 0.717) is 0 Å². The summed E-state index contributed by atoms with van der Waals surface area (Å²) in [6, 6.07) is 12.2. The molecule has 4 nitrogen and oxygen atoms in total. The number of hydrogen-bond acceptors (Lipinski definition) is 4. The first-order valence-electron chi connectivity index (χ1n) is 10.6. The number of rotatable bonds is 4. The van der Waals surface area contributed by atoms with Gasteiger partial charge in [0.2, 0.25) is 0 Å². The van der Waals surface area contributed by atoms with Gasteiger partial charge >= 0.3 is 0 Å². The van der Waals surface area contributed by atoms with Gasteiger partial charge in [-0.2, -0.15) is 0 Å². The van der Waals surface area contributed by atoms with Crippen molar-refractivity contribution in [2.45, 2.75) is 32.1 Å². The van der Waals surface area contributed by atoms with E-state index in [1.54, 1.807) is 11.3 Å². The monoisotopic (exact) mass is 412 g/mol. The highest BCUT2D eigenvalue weighted by Gasteiger charge is 2.18. The van der Waals surface area contributed by atoms with Crippen molar-refractivity contribution in [2.75, 3.05) is 11.9 Å². The maximum Gasteiger partial charge on any atom is 0.157 e. The quantitative estimate of drug-likeness (QED) is 0.428. The highest BCUT2D eigenvalue weighted by molar-refractivity contribution is 7.13. The van der Waals surface area contributed by atoms with Gasteiger partial charge < -0.3 is 5.32 Å². The minimum absolute atomic E-state index is 0.745. The van der Waals surface area contributed by atoms with Crippen LogP contribution in [-0.2, 0) is 0 Å². The van der Waals surface area contributed by atoms with Crippen LogP contribution in [0.4, 0.5) is 5.82 Å². The van der Waals surface area contributed by atoms with E-state index in [1.807, 2.05) is 48.9 Å². The summed E-state index contributed by atoms with van der Waals surface area (Å²) in [5.74, 6) is 8.32. The number of benzene rings is 1. The average Bonchev–Trinajstić information content (AvgIpc) is 3.42. The summed E-state index contributed by atoms with van der Waals surface area (Å²) in [4.78, 5) is 10.3. The van der Waals surface area contributed by atoms with Crippen molar-refractivity contribution in [3.8, 4) is 22.4 Å². The van der Waals surface area contributed by atoms with Crippen molar-refractivity contribution in [1.82, 2.24) is 14.4 Å². The van der Waals surface area contributed by atoms with Crippen LogP contribution in [0.5, 0.6) is 0 Å². The second-order valence-corrected chi connectivity index (χ2v) is 8.73. The molecule has 3 aromatic heterocycles. The highest BCUT2D eigenvalue weighted by Crippen LogP contribution is 2.34. The molecule has 1 aliphatic rings. The molecule has 3 heterocycles. The van der Waals surface area contributed by atoms with Gasteiger partial charge in [0.05, 0.1) is 11.1 Å². The van der Waals surface area contributed by atoms with Crippen molar-refractivity contribution >= 4 is 22.8 Å². The second kappa shape index (κ2) is 8.73. The number of nitrogens with one attached hydrogen (secondary N) is 1. The molecule has 5 rings (SSSR count). The summed E-state index contributed by atoms with van der Waals surface area (Å²) in [5.41, 5.74) is 3.90. The van der Waals surface area contributed by atoms with Gasteiger partial charge in [0.15, 0.2) is 5.65 Å². The standard InChI is InChI=1S/C25H24N4S/c1-3-7-19(8-4-1)11-12-21-15-22(30-18-21)24-25(27-16-20-9-5-2-6-10-20)29-14-13-26-17-23(29)28-24/h1,3-4,7-8,13-15,17-18,20,27H,2,5-6,9-10,16H2. The Morgan fingerprint density at radius 3 is 2.77 bits per heavy atom. The first kappa shape index (κ1) is 18.9. The smallest absolute Gasteiger partial charge is 0.157 e. The lowest BCUT2D eigenvalue weighted by atomic mass is 9.89. The molecule has 1 N–H and O–H groups in total. The minimum Gasteiger partial charge on any atom is -0.369 e. The molecule has 0 saturated heterocycles. The largest absolute Gasteiger partial charge is 0.369 e. The van der Waals surface area contributed by atoms with Crippen LogP contribution in [0, 0.1) is 17.8 Å². The van der Waals surface area contributed by atoms with Crippen molar-refractivity contribution in [1.29, 1.82) is 0 Å². The predicted molar refractivity (Wildman–Crippen MR) is 124 cm³/mol. The van der Waals surface area contributed by atoms with Gasteiger partial charge in [-0.05, 0) is 37.0 Å². The summed E-state index contributed by atoms with van der Waals surface area (Å²) in [7, 11) is 0. The zero-order chi connectivity index (χ0) is 20.2. The van der Waals surface area contributed by atoms with Crippen LogP contribution in [0.2, 0.25) is 0 Å². The average molecular weight is 413 g/mol. The van der Waals surface area contributed by atoms with Crippen LogP contribution in [0.25, 0.3) is 16.2 Å². The van der Waals surface area contributed by atoms with E-state index in [2.05, 4.69) is 38.0 Å². The van der Waals surface area contributed by atoms with Gasteiger partial charge in [0.1, 0.15) is 11.5 Å². The van der Waals surface area contributed by atoms with Crippen LogP contribution >= 0.6 is 11.3 Å². The van der Waals surface area contributed by atoms with E-state index in [4.69, 9.17) is 4.98 Å². The third kappa shape index (κ3) is 4.10. The molecule has 0 spiro atoms. The number of fused-ring (bicyclic) bond motifs is 1. The summed E-state index contributed by atoms with van der Waals surface area (Å²) in [5, 5.41) is 5.82. The summed E-state index contributed by atoms with van der Waals surface area (Å²) in [6.45, 7) is 0.995. The Morgan fingerprint density at radius 2 is 1.90 bits per heavy atom. The SMILES string of the molecule is C(#Cc1csc(-c2nc3cnccn3c2NCC2CCCCC2)c1)c1ccccc1. The van der Waals surface area contributed by atoms with Gasteiger partial charge in [0, 0.05) is 35.4 Å². The topological polar surface area (TPSA) is 42.2 Å². The van der Waals surface area contributed by atoms with Crippen LogP contribution in [0.3, 0.4) is 0 Å². The first-order chi connectivity index (χ1) is 14.9. The Hall–Kier alpha value is -3.10. The Bertz CT molecular complexity index is 1190. The molecule has 0 bridgehead atoms. The fourth-order valence-corrected chi connectivity index (χ4v) is 4.90. The Kier molecular flexibility index (Phi) is 5.50. The van der Waals surface area contributed by atoms with Gasteiger partial charge in [0.25, 0.3) is 0 Å². The van der Waals surface area contributed by atoms with Crippen LogP contribution in [0.15, 0.2) is 60.4 Å². The maximum atomic E-state index is 4.88. The van der Waals surface area contributed by atoms with Gasteiger partial charge in [-0.1, -0.05) is 49.3 Å². The fourth-order valence-electron chi connectivity index (χ4n) is 4.07. The number of aromatic nitrogens is 3. The zero-order valence-electron chi connectivity index (χ0n) is 16.8. The third-order valence-electron chi connectivity index (χ3n) is 5.67. The van der Waals surface area contributed by atoms with E-state index >= 15 is 0 Å². The van der Waals surface area contributed by atoms with Crippen LogP contribution < -0.4 is 5.32 Å². The summed E-state index contributed by atoms with van der Waals surface area (Å²) < 4.78 is 2.11. The third-order valence-corrected chi connectivity index (χ3v) is 6.61. The molecule has 0 unspecified atom stereocenters. The molecule has 0 amide bonds. The number of anilines is 1. The van der Waals surface area contributed by atoms with Gasteiger partial charge in [-0.25, -0.2) is 4.98 Å². The number of hydrogen-bond donors (Lipinski definition) is 1. The highest BCUT2D eigenvalue weighted by atomic mass is 32.1. The van der Waals surface area contributed by atoms with Crippen LogP contribution in [-0.4, -0.2) is 20.9 Å². The van der Waals surface area contributed by atoms with Crippen molar-refractivity contribution < 1.29 is 0 Å². The Balaban J connectivity index is 1.44. The van der Waals surface area contributed by atoms with Crippen molar-refractivity contribution in [3.63, 3.8) is 0 Å². The lowest BCUT2D eigenvalue weighted by Crippen LogP contribution is -2.18. The zero-order valence-corrected chi connectivity index (χ0v) is 17.7. The number of thiophene rings is 1. The van der Waals surface area contributed by atoms with Crippen LogP contribution in [0.1, 0.15) is 43.2 Å². The molecule has 0 aliphatic heterocycles. The molecule has 4 aromatic rings. The molecule has 1 aromatic carbocycles. The Labute approximate surface area is 181 Å². The van der Waals surface area contributed by atoms with Gasteiger partial charge in [-0.15, -0.1) is 11.3 Å². The molecule has 0 radical (unpaired) electrons. The summed E-state index contributed by atoms with van der Waals surface area (Å²) >= 11 is 1.69. The molecule has 0 atom stereocenters. The number of imidazole rings is 1. The van der Waals surface area contributed by atoms with Crippen molar-refractivity contribution in [2.24, 2.45) is 5.92 Å². The summed E-state index contributed by atoms with van der Waals surface area (Å²) in [6.07, 6.45) is 12.3. The van der Waals surface area contributed by atoms with E-state index < -0.39 is 0 Å². The predicted octanol–water partition coefficient (Wildman–Crippen LogP) is 5.85. The van der Waals surface area contributed by atoms with E-state index in [0.717, 1.165) is 45.6 Å².